The van der Waals surface area contributed by atoms with Crippen LogP contribution in [0, 0.1) is 6.92 Å². The first-order valence-electron chi connectivity index (χ1n) is 6.83. The van der Waals surface area contributed by atoms with Gasteiger partial charge in [-0.25, -0.2) is 0 Å². The maximum Gasteiger partial charge on any atom is 0.251 e. The molecule has 104 valence electrons. The summed E-state index contributed by atoms with van der Waals surface area (Å²) in [5.74, 6) is -0.0885. The lowest BCUT2D eigenvalue weighted by Gasteiger charge is -2.09. The standard InChI is InChI=1S/C17H20N2O/c1-3-13-7-9-14(10-8-13)11-19-17(20)15-5-4-6-16(18)12(15)2/h4-10H,3,11,18H2,1-2H3,(H,19,20). The van der Waals surface area contributed by atoms with Crippen molar-refractivity contribution in [3.05, 3.63) is 64.7 Å². The lowest BCUT2D eigenvalue weighted by molar-refractivity contribution is 0.0950. The van der Waals surface area contributed by atoms with E-state index >= 15 is 0 Å². The molecule has 0 bridgehead atoms. The third-order valence-corrected chi connectivity index (χ3v) is 3.50. The number of aryl methyl sites for hydroxylation is 1. The average Bonchev–Trinajstić information content (AvgIpc) is 2.48. The number of carbonyl (C=O) groups excluding carboxylic acids is 1. The molecule has 0 aliphatic rings. The molecular weight excluding hydrogens is 248 g/mol. The normalized spacial score (nSPS) is 10.3. The SMILES string of the molecule is CCc1ccc(CNC(=O)c2cccc(N)c2C)cc1. The van der Waals surface area contributed by atoms with Crippen LogP contribution in [-0.2, 0) is 13.0 Å². The maximum absolute atomic E-state index is 12.1. The second-order valence-corrected chi connectivity index (χ2v) is 4.87. The highest BCUT2D eigenvalue weighted by molar-refractivity contribution is 5.96. The van der Waals surface area contributed by atoms with Gasteiger partial charge in [-0.05, 0) is 42.2 Å². The molecule has 0 fully saturated rings. The summed E-state index contributed by atoms with van der Waals surface area (Å²) in [7, 11) is 0. The van der Waals surface area contributed by atoms with Crippen molar-refractivity contribution < 1.29 is 4.79 Å². The van der Waals surface area contributed by atoms with Crippen LogP contribution >= 0.6 is 0 Å². The predicted octanol–water partition coefficient (Wildman–Crippen LogP) is 3.07. The molecule has 3 nitrogen and oxygen atoms in total. The van der Waals surface area contributed by atoms with E-state index in [2.05, 4.69) is 24.4 Å². The van der Waals surface area contributed by atoms with Crippen molar-refractivity contribution in [3.63, 3.8) is 0 Å². The van der Waals surface area contributed by atoms with Gasteiger partial charge in [0.25, 0.3) is 5.91 Å². The number of hydrogen-bond acceptors (Lipinski definition) is 2. The van der Waals surface area contributed by atoms with E-state index in [1.807, 2.05) is 19.1 Å². The van der Waals surface area contributed by atoms with Gasteiger partial charge in [-0.15, -0.1) is 0 Å². The molecule has 1 amide bonds. The van der Waals surface area contributed by atoms with E-state index in [4.69, 9.17) is 5.73 Å². The molecular formula is C17H20N2O. The van der Waals surface area contributed by atoms with Gasteiger partial charge >= 0.3 is 0 Å². The van der Waals surface area contributed by atoms with Crippen molar-refractivity contribution in [3.8, 4) is 0 Å². The van der Waals surface area contributed by atoms with Gasteiger partial charge in [-0.1, -0.05) is 37.3 Å². The minimum atomic E-state index is -0.0885. The quantitative estimate of drug-likeness (QED) is 0.837. The highest BCUT2D eigenvalue weighted by Crippen LogP contribution is 2.15. The molecule has 0 aliphatic heterocycles. The molecule has 0 aromatic heterocycles. The van der Waals surface area contributed by atoms with E-state index in [-0.39, 0.29) is 5.91 Å². The maximum atomic E-state index is 12.1. The molecule has 0 atom stereocenters. The second-order valence-electron chi connectivity index (χ2n) is 4.87. The van der Waals surface area contributed by atoms with E-state index in [0.717, 1.165) is 17.5 Å². The van der Waals surface area contributed by atoms with Crippen molar-refractivity contribution >= 4 is 11.6 Å². The fourth-order valence-corrected chi connectivity index (χ4v) is 2.07. The van der Waals surface area contributed by atoms with E-state index in [1.54, 1.807) is 18.2 Å². The number of anilines is 1. The Kier molecular flexibility index (Phi) is 4.41. The zero-order valence-electron chi connectivity index (χ0n) is 11.9. The van der Waals surface area contributed by atoms with Crippen molar-refractivity contribution in [1.29, 1.82) is 0 Å². The number of rotatable bonds is 4. The van der Waals surface area contributed by atoms with E-state index in [0.29, 0.717) is 17.8 Å². The topological polar surface area (TPSA) is 55.1 Å². The molecule has 0 unspecified atom stereocenters. The van der Waals surface area contributed by atoms with Crippen LogP contribution in [0.2, 0.25) is 0 Å². The molecule has 2 rings (SSSR count). The van der Waals surface area contributed by atoms with Gasteiger partial charge < -0.3 is 11.1 Å². The Morgan fingerprint density at radius 1 is 1.10 bits per heavy atom. The molecule has 20 heavy (non-hydrogen) atoms. The average molecular weight is 268 g/mol. The summed E-state index contributed by atoms with van der Waals surface area (Å²) in [5, 5.41) is 2.93. The van der Waals surface area contributed by atoms with Gasteiger partial charge in [-0.3, -0.25) is 4.79 Å². The van der Waals surface area contributed by atoms with Gasteiger partial charge in [0.1, 0.15) is 0 Å². The monoisotopic (exact) mass is 268 g/mol. The van der Waals surface area contributed by atoms with Gasteiger partial charge in [0, 0.05) is 17.8 Å². The van der Waals surface area contributed by atoms with Gasteiger partial charge in [-0.2, -0.15) is 0 Å². The highest BCUT2D eigenvalue weighted by Gasteiger charge is 2.09. The first-order chi connectivity index (χ1) is 9.61. The summed E-state index contributed by atoms with van der Waals surface area (Å²) < 4.78 is 0. The second kappa shape index (κ2) is 6.24. The number of benzene rings is 2. The third-order valence-electron chi connectivity index (χ3n) is 3.50. The first kappa shape index (κ1) is 14.1. The Balaban J connectivity index is 2.02. The number of nitrogens with one attached hydrogen (secondary N) is 1. The highest BCUT2D eigenvalue weighted by atomic mass is 16.1. The fraction of sp³-hybridized carbons (Fsp3) is 0.235. The third kappa shape index (κ3) is 3.18. The molecule has 0 aliphatic carbocycles. The molecule has 0 heterocycles. The van der Waals surface area contributed by atoms with E-state index in [1.165, 1.54) is 5.56 Å². The minimum Gasteiger partial charge on any atom is -0.398 e. The van der Waals surface area contributed by atoms with Crippen LogP contribution in [0.25, 0.3) is 0 Å². The Morgan fingerprint density at radius 3 is 2.40 bits per heavy atom. The molecule has 0 saturated heterocycles. The number of amides is 1. The molecule has 3 N–H and O–H groups in total. The Morgan fingerprint density at radius 2 is 1.75 bits per heavy atom. The number of nitrogen functional groups attached to an aromatic ring is 1. The summed E-state index contributed by atoms with van der Waals surface area (Å²) in [6, 6.07) is 13.7. The Hall–Kier alpha value is -2.29. The zero-order chi connectivity index (χ0) is 14.5. The molecule has 2 aromatic carbocycles. The Bertz CT molecular complexity index is 603. The summed E-state index contributed by atoms with van der Waals surface area (Å²) in [5.41, 5.74) is 10.3. The van der Waals surface area contributed by atoms with Crippen LogP contribution in [0.15, 0.2) is 42.5 Å². The van der Waals surface area contributed by atoms with E-state index < -0.39 is 0 Å². The molecule has 2 aromatic rings. The predicted molar refractivity (Wildman–Crippen MR) is 82.6 cm³/mol. The Labute approximate surface area is 119 Å². The number of carbonyl (C=O) groups is 1. The van der Waals surface area contributed by atoms with Crippen LogP contribution in [-0.4, -0.2) is 5.91 Å². The van der Waals surface area contributed by atoms with Crippen LogP contribution in [0.5, 0.6) is 0 Å². The van der Waals surface area contributed by atoms with Crippen molar-refractivity contribution in [2.75, 3.05) is 5.73 Å². The van der Waals surface area contributed by atoms with Crippen LogP contribution in [0.1, 0.15) is 34.0 Å². The summed E-state index contributed by atoms with van der Waals surface area (Å²) in [6.45, 7) is 4.51. The summed E-state index contributed by atoms with van der Waals surface area (Å²) in [4.78, 5) is 12.1. The van der Waals surface area contributed by atoms with Crippen LogP contribution in [0.3, 0.4) is 0 Å². The lowest BCUT2D eigenvalue weighted by atomic mass is 10.1. The summed E-state index contributed by atoms with van der Waals surface area (Å²) in [6.07, 6.45) is 1.02. The zero-order valence-corrected chi connectivity index (χ0v) is 11.9. The molecule has 0 spiro atoms. The lowest BCUT2D eigenvalue weighted by Crippen LogP contribution is -2.23. The van der Waals surface area contributed by atoms with Crippen LogP contribution < -0.4 is 11.1 Å². The van der Waals surface area contributed by atoms with Gasteiger partial charge in [0.05, 0.1) is 0 Å². The number of hydrogen-bond donors (Lipinski definition) is 2. The van der Waals surface area contributed by atoms with E-state index in [9.17, 15) is 4.79 Å². The van der Waals surface area contributed by atoms with Gasteiger partial charge in [0.2, 0.25) is 0 Å². The van der Waals surface area contributed by atoms with Gasteiger partial charge in [0.15, 0.2) is 0 Å². The minimum absolute atomic E-state index is 0.0885. The fourth-order valence-electron chi connectivity index (χ4n) is 2.07. The van der Waals surface area contributed by atoms with Crippen molar-refractivity contribution in [2.24, 2.45) is 0 Å². The van der Waals surface area contributed by atoms with Crippen LogP contribution in [0.4, 0.5) is 5.69 Å². The smallest absolute Gasteiger partial charge is 0.251 e. The van der Waals surface area contributed by atoms with Crippen molar-refractivity contribution in [2.45, 2.75) is 26.8 Å². The summed E-state index contributed by atoms with van der Waals surface area (Å²) >= 11 is 0. The first-order valence-corrected chi connectivity index (χ1v) is 6.83. The van der Waals surface area contributed by atoms with Crippen molar-refractivity contribution in [1.82, 2.24) is 5.32 Å². The molecule has 0 radical (unpaired) electrons. The molecule has 0 saturated carbocycles. The number of nitrogens with two attached hydrogens (primary N) is 1. The molecule has 3 heteroatoms. The largest absolute Gasteiger partial charge is 0.398 e.